The smallest absolute Gasteiger partial charge is 0.240 e. The Balaban J connectivity index is 3.94. The van der Waals surface area contributed by atoms with Crippen molar-refractivity contribution in [3.63, 3.8) is 0 Å². The van der Waals surface area contributed by atoms with E-state index in [1.165, 1.54) is 0 Å². The normalized spacial score (nSPS) is 13.5. The first-order valence-corrected chi connectivity index (χ1v) is 7.03. The first kappa shape index (κ1) is 15.1. The monoisotopic (exact) mass is 252 g/mol. The zero-order valence-electron chi connectivity index (χ0n) is 9.61. The van der Waals surface area contributed by atoms with Gasteiger partial charge in [-0.05, 0) is 38.9 Å². The summed E-state index contributed by atoms with van der Waals surface area (Å²) in [5, 5.41) is 8.29. The SMILES string of the molecule is CC(C)N(C(C)C)P(Cl)OOCCC#N. The van der Waals surface area contributed by atoms with E-state index < -0.39 is 7.65 Å². The maximum Gasteiger partial charge on any atom is 0.244 e. The molecule has 0 aliphatic heterocycles. The average Bonchev–Trinajstić information content (AvgIpc) is 2.11. The lowest BCUT2D eigenvalue weighted by atomic mass is 10.3. The lowest BCUT2D eigenvalue weighted by Gasteiger charge is -2.31. The Labute approximate surface area is 97.7 Å². The van der Waals surface area contributed by atoms with E-state index in [0.717, 1.165) is 0 Å². The van der Waals surface area contributed by atoms with E-state index in [1.807, 2.05) is 10.7 Å². The topological polar surface area (TPSA) is 45.5 Å². The van der Waals surface area contributed by atoms with Gasteiger partial charge in [-0.3, -0.25) is 0 Å². The largest absolute Gasteiger partial charge is 0.244 e. The van der Waals surface area contributed by atoms with Gasteiger partial charge in [-0.15, -0.1) is 0 Å². The van der Waals surface area contributed by atoms with E-state index in [4.69, 9.17) is 26.1 Å². The van der Waals surface area contributed by atoms with Crippen LogP contribution in [0.2, 0.25) is 0 Å². The van der Waals surface area contributed by atoms with Crippen LogP contribution in [-0.4, -0.2) is 23.4 Å². The molecule has 0 aromatic carbocycles. The minimum absolute atomic E-state index is 0.256. The summed E-state index contributed by atoms with van der Waals surface area (Å²) in [6.07, 6.45) is 0.309. The first-order chi connectivity index (χ1) is 7.00. The Morgan fingerprint density at radius 1 is 1.33 bits per heavy atom. The molecular weight excluding hydrogens is 235 g/mol. The van der Waals surface area contributed by atoms with Crippen LogP contribution < -0.4 is 0 Å². The van der Waals surface area contributed by atoms with Crippen molar-refractivity contribution in [1.29, 1.82) is 5.26 Å². The van der Waals surface area contributed by atoms with Crippen molar-refractivity contribution in [3.05, 3.63) is 0 Å². The number of rotatable bonds is 7. The number of hydrogen-bond donors (Lipinski definition) is 0. The first-order valence-electron chi connectivity index (χ1n) is 4.91. The second kappa shape index (κ2) is 8.27. The van der Waals surface area contributed by atoms with Crippen LogP contribution in [0.25, 0.3) is 0 Å². The highest BCUT2D eigenvalue weighted by atomic mass is 35.7. The molecule has 0 aromatic rings. The van der Waals surface area contributed by atoms with Crippen LogP contribution in [0, 0.1) is 11.3 Å². The van der Waals surface area contributed by atoms with Crippen LogP contribution in [0.3, 0.4) is 0 Å². The second-order valence-corrected chi connectivity index (χ2v) is 5.53. The van der Waals surface area contributed by atoms with Gasteiger partial charge >= 0.3 is 0 Å². The molecule has 0 radical (unpaired) electrons. The van der Waals surface area contributed by atoms with Gasteiger partial charge in [-0.2, -0.15) is 9.94 Å². The standard InChI is InChI=1S/C9H18ClN2O2P/c1-8(2)12(9(3)4)15(10)14-13-7-5-6-11/h8-9H,5,7H2,1-4H3. The van der Waals surface area contributed by atoms with Gasteiger partial charge in [0.15, 0.2) is 0 Å². The maximum atomic E-state index is 8.29. The molecule has 0 heterocycles. The molecule has 0 saturated heterocycles. The fourth-order valence-electron chi connectivity index (χ4n) is 1.17. The molecule has 0 spiro atoms. The van der Waals surface area contributed by atoms with Crippen molar-refractivity contribution >= 4 is 18.9 Å². The van der Waals surface area contributed by atoms with Gasteiger partial charge in [0, 0.05) is 12.1 Å². The van der Waals surface area contributed by atoms with Gasteiger partial charge in [0.25, 0.3) is 0 Å². The quantitative estimate of drug-likeness (QED) is 0.301. The van der Waals surface area contributed by atoms with E-state index in [1.54, 1.807) is 0 Å². The second-order valence-electron chi connectivity index (χ2n) is 3.60. The molecule has 0 aliphatic carbocycles. The van der Waals surface area contributed by atoms with E-state index >= 15 is 0 Å². The highest BCUT2D eigenvalue weighted by molar-refractivity contribution is 7.78. The summed E-state index contributed by atoms with van der Waals surface area (Å²) in [5.74, 6) is 0. The van der Waals surface area contributed by atoms with E-state index in [0.29, 0.717) is 18.5 Å². The molecule has 1 atom stereocenters. The Bertz CT molecular complexity index is 201. The molecule has 15 heavy (non-hydrogen) atoms. The number of nitrogens with zero attached hydrogens (tertiary/aromatic N) is 2. The lowest BCUT2D eigenvalue weighted by Crippen LogP contribution is -2.31. The third-order valence-electron chi connectivity index (χ3n) is 1.65. The summed E-state index contributed by atoms with van der Waals surface area (Å²) in [5.41, 5.74) is 0. The van der Waals surface area contributed by atoms with Crippen LogP contribution >= 0.6 is 18.9 Å². The Morgan fingerprint density at radius 2 is 1.87 bits per heavy atom. The van der Waals surface area contributed by atoms with Crippen molar-refractivity contribution in [2.45, 2.75) is 46.2 Å². The minimum atomic E-state index is -1.27. The molecule has 4 nitrogen and oxygen atoms in total. The van der Waals surface area contributed by atoms with Crippen LogP contribution in [0.15, 0.2) is 0 Å². The molecular formula is C9H18ClN2O2P. The van der Waals surface area contributed by atoms with Gasteiger partial charge in [-0.1, -0.05) is 0 Å². The lowest BCUT2D eigenvalue weighted by molar-refractivity contribution is -0.200. The molecule has 0 fully saturated rings. The molecule has 0 N–H and O–H groups in total. The predicted molar refractivity (Wildman–Crippen MR) is 62.2 cm³/mol. The number of hydrogen-bond acceptors (Lipinski definition) is 4. The zero-order valence-corrected chi connectivity index (χ0v) is 11.3. The molecule has 1 unspecified atom stereocenters. The van der Waals surface area contributed by atoms with E-state index in [9.17, 15) is 0 Å². The fraction of sp³-hybridized carbons (Fsp3) is 0.889. The number of nitriles is 1. The van der Waals surface area contributed by atoms with Gasteiger partial charge in [0.1, 0.15) is 0 Å². The molecule has 88 valence electrons. The molecule has 0 aromatic heterocycles. The van der Waals surface area contributed by atoms with Crippen LogP contribution in [0.4, 0.5) is 0 Å². The Kier molecular flexibility index (Phi) is 8.32. The summed E-state index contributed by atoms with van der Waals surface area (Å²) in [4.78, 5) is 4.85. The fourth-order valence-corrected chi connectivity index (χ4v) is 3.30. The molecule has 0 amide bonds. The van der Waals surface area contributed by atoms with Crippen LogP contribution in [-0.2, 0) is 9.56 Å². The third kappa shape index (κ3) is 6.29. The minimum Gasteiger partial charge on any atom is -0.240 e. The van der Waals surface area contributed by atoms with Crippen molar-refractivity contribution in [1.82, 2.24) is 4.67 Å². The van der Waals surface area contributed by atoms with Crippen molar-refractivity contribution < 1.29 is 9.56 Å². The highest BCUT2D eigenvalue weighted by Gasteiger charge is 2.24. The van der Waals surface area contributed by atoms with Crippen LogP contribution in [0.5, 0.6) is 0 Å². The third-order valence-corrected chi connectivity index (χ3v) is 3.86. The van der Waals surface area contributed by atoms with Gasteiger partial charge < -0.3 is 0 Å². The number of halogens is 1. The van der Waals surface area contributed by atoms with Crippen molar-refractivity contribution in [3.8, 4) is 6.07 Å². The van der Waals surface area contributed by atoms with Gasteiger partial charge in [0.05, 0.1) is 19.1 Å². The predicted octanol–water partition coefficient (Wildman–Crippen LogP) is 3.43. The Hall–Kier alpha value is 0.0900. The van der Waals surface area contributed by atoms with E-state index in [2.05, 4.69) is 27.7 Å². The molecule has 6 heteroatoms. The molecule has 0 rings (SSSR count). The van der Waals surface area contributed by atoms with Crippen molar-refractivity contribution in [2.24, 2.45) is 0 Å². The molecule has 0 bridgehead atoms. The van der Waals surface area contributed by atoms with Gasteiger partial charge in [-0.25, -0.2) is 9.56 Å². The molecule has 0 aliphatic rings. The Morgan fingerprint density at radius 3 is 2.27 bits per heavy atom. The summed E-state index contributed by atoms with van der Waals surface area (Å²) < 4.78 is 7.06. The molecule has 0 saturated carbocycles. The van der Waals surface area contributed by atoms with E-state index in [-0.39, 0.29) is 6.61 Å². The zero-order chi connectivity index (χ0) is 11.8. The highest BCUT2D eigenvalue weighted by Crippen LogP contribution is 2.49. The van der Waals surface area contributed by atoms with Gasteiger partial charge in [0.2, 0.25) is 7.65 Å². The summed E-state index contributed by atoms with van der Waals surface area (Å²) >= 11 is 6.08. The summed E-state index contributed by atoms with van der Waals surface area (Å²) in [6, 6.07) is 2.56. The van der Waals surface area contributed by atoms with Crippen molar-refractivity contribution in [2.75, 3.05) is 6.61 Å². The van der Waals surface area contributed by atoms with Crippen LogP contribution in [0.1, 0.15) is 34.1 Å². The average molecular weight is 253 g/mol. The summed E-state index contributed by atoms with van der Waals surface area (Å²) in [7, 11) is -1.27. The maximum absolute atomic E-state index is 8.29. The summed E-state index contributed by atoms with van der Waals surface area (Å²) in [6.45, 7) is 8.46.